The topological polar surface area (TPSA) is 46.3 Å². The van der Waals surface area contributed by atoms with Gasteiger partial charge in [-0.15, -0.1) is 0 Å². The minimum atomic E-state index is -0.582. The number of rotatable bonds is 3. The second-order valence-corrected chi connectivity index (χ2v) is 2.95. The molecule has 0 heterocycles. The molecule has 2 N–H and O–H groups in total. The Balaban J connectivity index is 3.27. The Kier molecular flexibility index (Phi) is 5.27. The summed E-state index contributed by atoms with van der Waals surface area (Å²) < 4.78 is 1.97. The molecule has 0 saturated carbocycles. The fourth-order valence-corrected chi connectivity index (χ4v) is 0.769. The van der Waals surface area contributed by atoms with Gasteiger partial charge in [-0.1, -0.05) is 22.6 Å². The summed E-state index contributed by atoms with van der Waals surface area (Å²) in [5, 5.41) is 0. The summed E-state index contributed by atoms with van der Waals surface area (Å²) in [5.74, 6) is 0. The van der Waals surface area contributed by atoms with Crippen molar-refractivity contribution in [2.75, 3.05) is 11.0 Å². The Labute approximate surface area is 72.8 Å². The van der Waals surface area contributed by atoms with Gasteiger partial charge >= 0.3 is 6.03 Å². The number of urea groups is 1. The van der Waals surface area contributed by atoms with E-state index in [4.69, 9.17) is 17.5 Å². The number of carbonyl (C=O) groups excluding carboxylic acids is 1. The molecular weight excluding hydrogens is 254 g/mol. The average molecular weight is 262 g/mol. The molecule has 0 unspecified atom stereocenters. The number of nitrogens with two attached hydrogens (primary N) is 1. The lowest BCUT2D eigenvalue weighted by Gasteiger charge is -2.07. The molecule has 0 aliphatic rings. The lowest BCUT2D eigenvalue weighted by molar-refractivity contribution is 0.233. The van der Waals surface area contributed by atoms with Gasteiger partial charge in [0.15, 0.2) is 0 Å². The summed E-state index contributed by atoms with van der Waals surface area (Å²) in [6.45, 7) is 0.528. The third-order valence-electron chi connectivity index (χ3n) is 0.727. The van der Waals surface area contributed by atoms with Crippen molar-refractivity contribution in [3.63, 3.8) is 0 Å². The van der Waals surface area contributed by atoms with Crippen LogP contribution in [0.15, 0.2) is 0 Å². The molecule has 5 heteroatoms. The van der Waals surface area contributed by atoms with Crippen molar-refractivity contribution in [1.29, 1.82) is 0 Å². The summed E-state index contributed by atoms with van der Waals surface area (Å²) in [6, 6.07) is -0.582. The van der Waals surface area contributed by atoms with Gasteiger partial charge in [0.05, 0.1) is 0 Å². The highest BCUT2D eigenvalue weighted by Crippen LogP contribution is 1.97. The van der Waals surface area contributed by atoms with Crippen molar-refractivity contribution in [2.24, 2.45) is 5.73 Å². The van der Waals surface area contributed by atoms with E-state index in [1.807, 2.05) is 0 Å². The summed E-state index contributed by atoms with van der Waals surface area (Å²) >= 11 is 7.56. The Hall–Kier alpha value is 0.290. The van der Waals surface area contributed by atoms with Gasteiger partial charge in [0.1, 0.15) is 0 Å². The summed E-state index contributed by atoms with van der Waals surface area (Å²) in [6.07, 6.45) is 0.882. The molecule has 0 aromatic rings. The zero-order valence-corrected chi connectivity index (χ0v) is 7.72. The maximum atomic E-state index is 10.2. The third-order valence-corrected chi connectivity index (χ3v) is 1.83. The number of amides is 2. The van der Waals surface area contributed by atoms with E-state index in [0.717, 1.165) is 15.3 Å². The van der Waals surface area contributed by atoms with Crippen LogP contribution in [0.1, 0.15) is 6.42 Å². The van der Waals surface area contributed by atoms with Crippen molar-refractivity contribution >= 4 is 40.4 Å². The van der Waals surface area contributed by atoms with Crippen molar-refractivity contribution in [3.8, 4) is 0 Å². The van der Waals surface area contributed by atoms with Crippen LogP contribution >= 0.6 is 34.4 Å². The molecule has 3 nitrogen and oxygen atoms in total. The van der Waals surface area contributed by atoms with Crippen LogP contribution in [0.3, 0.4) is 0 Å². The average Bonchev–Trinajstić information content (AvgIpc) is 1.82. The largest absolute Gasteiger partial charge is 0.350 e. The van der Waals surface area contributed by atoms with E-state index in [9.17, 15) is 4.79 Å². The third kappa shape index (κ3) is 4.77. The van der Waals surface area contributed by atoms with E-state index in [0.29, 0.717) is 6.54 Å². The SMILES string of the molecule is NC(=O)N(Cl)CCCI. The zero-order valence-electron chi connectivity index (χ0n) is 4.81. The zero-order chi connectivity index (χ0) is 7.28. The molecule has 0 radical (unpaired) electrons. The number of hydrogen-bond donors (Lipinski definition) is 1. The molecular formula is C4H8ClIN2O. The van der Waals surface area contributed by atoms with Crippen LogP contribution in [0.25, 0.3) is 0 Å². The fourth-order valence-electron chi connectivity index (χ4n) is 0.309. The Bertz CT molecular complexity index is 101. The van der Waals surface area contributed by atoms with Crippen molar-refractivity contribution in [2.45, 2.75) is 6.42 Å². The number of hydrogen-bond acceptors (Lipinski definition) is 1. The van der Waals surface area contributed by atoms with Crippen LogP contribution in [0.2, 0.25) is 0 Å². The van der Waals surface area contributed by atoms with Gasteiger partial charge in [-0.3, -0.25) is 0 Å². The number of nitrogens with zero attached hydrogens (tertiary/aromatic N) is 1. The Morgan fingerprint density at radius 3 is 2.67 bits per heavy atom. The second-order valence-electron chi connectivity index (χ2n) is 1.47. The Morgan fingerprint density at radius 1 is 1.78 bits per heavy atom. The maximum absolute atomic E-state index is 10.2. The highest BCUT2D eigenvalue weighted by atomic mass is 127. The van der Waals surface area contributed by atoms with E-state index in [1.54, 1.807) is 0 Å². The van der Waals surface area contributed by atoms with E-state index >= 15 is 0 Å². The number of alkyl halides is 1. The fraction of sp³-hybridized carbons (Fsp3) is 0.750. The van der Waals surface area contributed by atoms with Gasteiger partial charge in [0.2, 0.25) is 0 Å². The number of halogens is 2. The predicted octanol–water partition coefficient (Wildman–Crippen LogP) is 1.35. The summed E-state index contributed by atoms with van der Waals surface area (Å²) in [7, 11) is 0. The molecule has 9 heavy (non-hydrogen) atoms. The lowest BCUT2D eigenvalue weighted by atomic mass is 10.5. The van der Waals surface area contributed by atoms with E-state index < -0.39 is 6.03 Å². The van der Waals surface area contributed by atoms with Crippen molar-refractivity contribution < 1.29 is 4.79 Å². The van der Waals surface area contributed by atoms with E-state index in [-0.39, 0.29) is 0 Å². The maximum Gasteiger partial charge on any atom is 0.329 e. The quantitative estimate of drug-likeness (QED) is 0.466. The molecule has 0 aromatic carbocycles. The number of primary amides is 1. The van der Waals surface area contributed by atoms with Crippen molar-refractivity contribution in [3.05, 3.63) is 0 Å². The first-order valence-electron chi connectivity index (χ1n) is 2.47. The molecule has 0 aliphatic heterocycles. The first-order valence-corrected chi connectivity index (χ1v) is 4.33. The van der Waals surface area contributed by atoms with Crippen LogP contribution < -0.4 is 5.73 Å². The molecule has 0 aromatic heterocycles. The van der Waals surface area contributed by atoms with Gasteiger partial charge in [-0.2, -0.15) is 0 Å². The molecule has 0 rings (SSSR count). The molecule has 0 atom stereocenters. The summed E-state index contributed by atoms with van der Waals surface area (Å²) in [4.78, 5) is 10.2. The number of carbonyl (C=O) groups is 1. The normalized spacial score (nSPS) is 9.11. The molecule has 0 fully saturated rings. The lowest BCUT2D eigenvalue weighted by Crippen LogP contribution is -2.28. The molecule has 0 saturated heterocycles. The van der Waals surface area contributed by atoms with Gasteiger partial charge in [0.25, 0.3) is 0 Å². The van der Waals surface area contributed by atoms with E-state index in [1.165, 1.54) is 0 Å². The molecule has 0 spiro atoms. The highest BCUT2D eigenvalue weighted by molar-refractivity contribution is 14.1. The Morgan fingerprint density at radius 2 is 2.33 bits per heavy atom. The summed E-state index contributed by atoms with van der Waals surface area (Å²) in [5.41, 5.74) is 4.83. The van der Waals surface area contributed by atoms with Gasteiger partial charge in [-0.25, -0.2) is 9.21 Å². The van der Waals surface area contributed by atoms with Crippen LogP contribution in [0.4, 0.5) is 4.79 Å². The molecule has 54 valence electrons. The monoisotopic (exact) mass is 262 g/mol. The first-order chi connectivity index (χ1) is 4.18. The minimum absolute atomic E-state index is 0.528. The molecule has 0 bridgehead atoms. The smallest absolute Gasteiger partial charge is 0.329 e. The van der Waals surface area contributed by atoms with Crippen LogP contribution in [0, 0.1) is 0 Å². The standard InChI is InChI=1S/C4H8ClIN2O/c5-8(4(7)9)3-1-2-6/h1-3H2,(H2,7,9). The predicted molar refractivity (Wildman–Crippen MR) is 45.6 cm³/mol. The van der Waals surface area contributed by atoms with Crippen molar-refractivity contribution in [1.82, 2.24) is 4.42 Å². The second kappa shape index (κ2) is 5.10. The van der Waals surface area contributed by atoms with Gasteiger partial charge in [0, 0.05) is 22.7 Å². The van der Waals surface area contributed by atoms with Gasteiger partial charge in [-0.05, 0) is 6.42 Å². The van der Waals surface area contributed by atoms with Crippen LogP contribution in [0.5, 0.6) is 0 Å². The minimum Gasteiger partial charge on any atom is -0.350 e. The van der Waals surface area contributed by atoms with Gasteiger partial charge < -0.3 is 5.73 Å². The molecule has 2 amide bonds. The molecule has 0 aliphatic carbocycles. The first kappa shape index (κ1) is 9.29. The van der Waals surface area contributed by atoms with E-state index in [2.05, 4.69) is 22.6 Å². The van der Waals surface area contributed by atoms with Crippen LogP contribution in [-0.4, -0.2) is 21.4 Å². The highest BCUT2D eigenvalue weighted by Gasteiger charge is 2.02. The van der Waals surface area contributed by atoms with Crippen LogP contribution in [-0.2, 0) is 0 Å².